The monoisotopic (exact) mass is 388 g/mol. The van der Waals surface area contributed by atoms with E-state index in [2.05, 4.69) is 41.1 Å². The lowest BCUT2D eigenvalue weighted by Gasteiger charge is -2.42. The molecule has 6 nitrogen and oxygen atoms in total. The first-order valence-electron chi connectivity index (χ1n) is 10.7. The molecule has 0 aliphatic carbocycles. The Bertz CT molecular complexity index is 648. The van der Waals surface area contributed by atoms with Crippen LogP contribution in [-0.2, 0) is 9.53 Å². The quantitative estimate of drug-likeness (QED) is 0.576. The Balaban J connectivity index is 1.45. The molecule has 0 amide bonds. The molecule has 156 valence electrons. The summed E-state index contributed by atoms with van der Waals surface area (Å²) in [6.07, 6.45) is 4.20. The maximum absolute atomic E-state index is 12.2. The molecular weight excluding hydrogens is 352 g/mol. The van der Waals surface area contributed by atoms with Crippen LogP contribution in [0.1, 0.15) is 39.5 Å². The summed E-state index contributed by atoms with van der Waals surface area (Å²) in [7, 11) is 1.91. The van der Waals surface area contributed by atoms with Crippen molar-refractivity contribution in [3.63, 3.8) is 0 Å². The molecule has 0 atom stereocenters. The van der Waals surface area contributed by atoms with Crippen molar-refractivity contribution in [2.75, 3.05) is 55.8 Å². The Morgan fingerprint density at radius 1 is 1.18 bits per heavy atom. The largest absolute Gasteiger partial charge is 0.465 e. The maximum atomic E-state index is 12.2. The number of nitrogens with two attached hydrogens (primary N) is 1. The second-order valence-corrected chi connectivity index (χ2v) is 8.57. The van der Waals surface area contributed by atoms with E-state index in [1.807, 2.05) is 13.1 Å². The smallest absolute Gasteiger partial charge is 0.309 e. The van der Waals surface area contributed by atoms with E-state index in [1.165, 1.54) is 18.5 Å². The molecule has 1 aromatic rings. The molecule has 2 aliphatic heterocycles. The number of anilines is 3. The molecule has 6 heteroatoms. The van der Waals surface area contributed by atoms with Crippen molar-refractivity contribution in [2.24, 2.45) is 11.8 Å². The predicted octanol–water partition coefficient (Wildman–Crippen LogP) is 3.19. The zero-order valence-corrected chi connectivity index (χ0v) is 17.6. The van der Waals surface area contributed by atoms with Gasteiger partial charge in [-0.05, 0) is 62.9 Å². The van der Waals surface area contributed by atoms with Crippen LogP contribution in [-0.4, -0.2) is 56.7 Å². The summed E-state index contributed by atoms with van der Waals surface area (Å²) in [5.41, 5.74) is 9.01. The Morgan fingerprint density at radius 3 is 2.46 bits per heavy atom. The molecule has 0 radical (unpaired) electrons. The summed E-state index contributed by atoms with van der Waals surface area (Å²) in [4.78, 5) is 17.2. The Morgan fingerprint density at radius 2 is 1.86 bits per heavy atom. The number of hydrogen-bond donors (Lipinski definition) is 2. The third-order valence-electron chi connectivity index (χ3n) is 6.07. The van der Waals surface area contributed by atoms with E-state index in [0.29, 0.717) is 18.6 Å². The summed E-state index contributed by atoms with van der Waals surface area (Å²) in [5.74, 6) is 0.496. The summed E-state index contributed by atoms with van der Waals surface area (Å²) in [6, 6.07) is 6.87. The number of nitrogen functional groups attached to an aromatic ring is 1. The van der Waals surface area contributed by atoms with Gasteiger partial charge in [0.15, 0.2) is 0 Å². The number of likely N-dealkylation sites (tertiary alicyclic amines) is 1. The molecule has 2 aliphatic rings. The van der Waals surface area contributed by atoms with E-state index < -0.39 is 0 Å². The first-order chi connectivity index (χ1) is 13.5. The highest BCUT2D eigenvalue weighted by Gasteiger charge is 2.31. The SMILES string of the molecule is CNc1cc(N2CCC(N3CCC(C(=O)OCC(C)C)CC3)CC2)ccc1N. The van der Waals surface area contributed by atoms with Crippen LogP contribution in [0.2, 0.25) is 0 Å². The van der Waals surface area contributed by atoms with Gasteiger partial charge in [0.1, 0.15) is 0 Å². The lowest BCUT2D eigenvalue weighted by Crippen LogP contribution is -2.48. The van der Waals surface area contributed by atoms with Gasteiger partial charge in [0.05, 0.1) is 23.9 Å². The van der Waals surface area contributed by atoms with Crippen molar-refractivity contribution < 1.29 is 9.53 Å². The predicted molar refractivity (Wildman–Crippen MR) is 116 cm³/mol. The van der Waals surface area contributed by atoms with Crippen LogP contribution in [0, 0.1) is 11.8 Å². The van der Waals surface area contributed by atoms with Crippen LogP contribution >= 0.6 is 0 Å². The van der Waals surface area contributed by atoms with Gasteiger partial charge < -0.3 is 25.6 Å². The average Bonchev–Trinajstić information content (AvgIpc) is 2.72. The van der Waals surface area contributed by atoms with Crippen molar-refractivity contribution in [1.29, 1.82) is 0 Å². The molecule has 28 heavy (non-hydrogen) atoms. The normalized spacial score (nSPS) is 19.8. The van der Waals surface area contributed by atoms with Crippen LogP contribution in [0.4, 0.5) is 17.1 Å². The third-order valence-corrected chi connectivity index (χ3v) is 6.07. The second kappa shape index (κ2) is 9.50. The van der Waals surface area contributed by atoms with Crippen LogP contribution in [0.5, 0.6) is 0 Å². The van der Waals surface area contributed by atoms with E-state index in [4.69, 9.17) is 10.5 Å². The van der Waals surface area contributed by atoms with Crippen molar-refractivity contribution in [1.82, 2.24) is 4.90 Å². The molecule has 1 aromatic carbocycles. The van der Waals surface area contributed by atoms with Crippen molar-refractivity contribution in [3.8, 4) is 0 Å². The number of nitrogens with one attached hydrogen (secondary N) is 1. The number of carbonyl (C=O) groups is 1. The summed E-state index contributed by atoms with van der Waals surface area (Å²) >= 11 is 0. The van der Waals surface area contributed by atoms with Gasteiger partial charge in [-0.3, -0.25) is 4.79 Å². The Hall–Kier alpha value is -1.95. The minimum absolute atomic E-state index is 0.00635. The van der Waals surface area contributed by atoms with Crippen LogP contribution in [0.25, 0.3) is 0 Å². The molecule has 0 unspecified atom stereocenters. The molecule has 2 saturated heterocycles. The van der Waals surface area contributed by atoms with E-state index in [0.717, 1.165) is 50.4 Å². The highest BCUT2D eigenvalue weighted by Crippen LogP contribution is 2.30. The number of nitrogens with zero attached hydrogens (tertiary/aromatic N) is 2. The first-order valence-corrected chi connectivity index (χ1v) is 10.7. The standard InChI is InChI=1S/C22H36N4O2/c1-16(2)15-28-22(27)17-6-10-25(11-7-17)18-8-12-26(13-9-18)19-4-5-20(23)21(14-19)24-3/h4-5,14,16-18,24H,6-13,15,23H2,1-3H3. The first kappa shape index (κ1) is 20.8. The topological polar surface area (TPSA) is 70.8 Å². The molecule has 3 rings (SSSR count). The van der Waals surface area contributed by atoms with Gasteiger partial charge in [0.2, 0.25) is 0 Å². The van der Waals surface area contributed by atoms with Crippen molar-refractivity contribution in [2.45, 2.75) is 45.6 Å². The number of rotatable bonds is 6. The summed E-state index contributed by atoms with van der Waals surface area (Å²) in [5, 5.41) is 3.17. The lowest BCUT2D eigenvalue weighted by atomic mass is 9.93. The molecule has 3 N–H and O–H groups in total. The molecule has 2 fully saturated rings. The zero-order chi connectivity index (χ0) is 20.1. The second-order valence-electron chi connectivity index (χ2n) is 8.57. The van der Waals surface area contributed by atoms with Crippen LogP contribution in [0.3, 0.4) is 0 Å². The molecule has 0 bridgehead atoms. The van der Waals surface area contributed by atoms with Gasteiger partial charge >= 0.3 is 5.97 Å². The zero-order valence-electron chi connectivity index (χ0n) is 17.6. The van der Waals surface area contributed by atoms with Gasteiger partial charge in [0, 0.05) is 31.9 Å². The van der Waals surface area contributed by atoms with Gasteiger partial charge in [-0.1, -0.05) is 13.8 Å². The van der Waals surface area contributed by atoms with Crippen LogP contribution < -0.4 is 16.0 Å². The molecule has 2 heterocycles. The Labute approximate surface area is 169 Å². The molecular formula is C22H36N4O2. The van der Waals surface area contributed by atoms with E-state index in [1.54, 1.807) is 0 Å². The number of ether oxygens (including phenoxy) is 1. The maximum Gasteiger partial charge on any atom is 0.309 e. The minimum Gasteiger partial charge on any atom is -0.465 e. The third kappa shape index (κ3) is 5.10. The fourth-order valence-corrected chi connectivity index (χ4v) is 4.31. The number of piperidine rings is 2. The highest BCUT2D eigenvalue weighted by molar-refractivity contribution is 5.73. The molecule has 0 aromatic heterocycles. The number of esters is 1. The summed E-state index contributed by atoms with van der Waals surface area (Å²) in [6.45, 7) is 8.84. The molecule has 0 spiro atoms. The number of carbonyl (C=O) groups excluding carboxylic acids is 1. The van der Waals surface area contributed by atoms with Gasteiger partial charge in [-0.15, -0.1) is 0 Å². The van der Waals surface area contributed by atoms with Gasteiger partial charge in [-0.25, -0.2) is 0 Å². The molecule has 0 saturated carbocycles. The lowest BCUT2D eigenvalue weighted by molar-refractivity contribution is -0.151. The van der Waals surface area contributed by atoms with Gasteiger partial charge in [-0.2, -0.15) is 0 Å². The highest BCUT2D eigenvalue weighted by atomic mass is 16.5. The van der Waals surface area contributed by atoms with Crippen LogP contribution in [0.15, 0.2) is 18.2 Å². The summed E-state index contributed by atoms with van der Waals surface area (Å²) < 4.78 is 5.44. The average molecular weight is 389 g/mol. The van der Waals surface area contributed by atoms with Gasteiger partial charge in [0.25, 0.3) is 0 Å². The number of hydrogen-bond acceptors (Lipinski definition) is 6. The number of benzene rings is 1. The van der Waals surface area contributed by atoms with E-state index >= 15 is 0 Å². The van der Waals surface area contributed by atoms with Crippen molar-refractivity contribution in [3.05, 3.63) is 18.2 Å². The van der Waals surface area contributed by atoms with E-state index in [-0.39, 0.29) is 11.9 Å². The minimum atomic E-state index is 0.00635. The fraction of sp³-hybridized carbons (Fsp3) is 0.682. The van der Waals surface area contributed by atoms with Crippen molar-refractivity contribution >= 4 is 23.0 Å². The Kier molecular flexibility index (Phi) is 7.05. The van der Waals surface area contributed by atoms with E-state index in [9.17, 15) is 4.79 Å². The fourth-order valence-electron chi connectivity index (χ4n) is 4.31.